The Labute approximate surface area is 139 Å². The predicted molar refractivity (Wildman–Crippen MR) is 91.1 cm³/mol. The summed E-state index contributed by atoms with van der Waals surface area (Å²) in [5.41, 5.74) is 2.52. The predicted octanol–water partition coefficient (Wildman–Crippen LogP) is 3.48. The van der Waals surface area contributed by atoms with Crippen LogP contribution in [-0.2, 0) is 0 Å². The zero-order valence-electron chi connectivity index (χ0n) is 12.1. The molecule has 4 heterocycles. The molecule has 6 nitrogen and oxygen atoms in total. The van der Waals surface area contributed by atoms with Crippen molar-refractivity contribution < 1.29 is 4.79 Å². The fraction of sp³-hybridized carbons (Fsp3) is 0.0667. The van der Waals surface area contributed by atoms with E-state index in [1.54, 1.807) is 41.2 Å². The average molecular weight is 341 g/mol. The molecule has 1 amide bonds. The number of aryl methyl sites for hydroxylation is 1. The fourth-order valence-electron chi connectivity index (χ4n) is 2.29. The summed E-state index contributed by atoms with van der Waals surface area (Å²) in [6, 6.07) is 5.76. The van der Waals surface area contributed by atoms with Gasteiger partial charge in [0.2, 0.25) is 0 Å². The first kappa shape index (κ1) is 14.0. The van der Waals surface area contributed by atoms with Gasteiger partial charge < -0.3 is 0 Å². The third-order valence-corrected chi connectivity index (χ3v) is 4.95. The largest absolute Gasteiger partial charge is 0.298 e. The van der Waals surface area contributed by atoms with E-state index in [4.69, 9.17) is 0 Å². The second-order valence-corrected chi connectivity index (χ2v) is 6.62. The summed E-state index contributed by atoms with van der Waals surface area (Å²) in [4.78, 5) is 22.3. The van der Waals surface area contributed by atoms with E-state index in [1.807, 2.05) is 22.9 Å². The Bertz CT molecular complexity index is 987. The number of rotatable bonds is 3. The first-order chi connectivity index (χ1) is 11.2. The maximum atomic E-state index is 12.6. The molecule has 8 heteroatoms. The van der Waals surface area contributed by atoms with E-state index < -0.39 is 0 Å². The molecule has 0 aromatic carbocycles. The number of aromatic nitrogens is 4. The average Bonchev–Trinajstić information content (AvgIpc) is 3.25. The van der Waals surface area contributed by atoms with Crippen molar-refractivity contribution >= 4 is 39.4 Å². The minimum Gasteiger partial charge on any atom is -0.298 e. The molecule has 0 saturated heterocycles. The van der Waals surface area contributed by atoms with E-state index >= 15 is 0 Å². The Hall–Kier alpha value is -2.58. The van der Waals surface area contributed by atoms with Crippen molar-refractivity contribution in [3.05, 3.63) is 52.6 Å². The van der Waals surface area contributed by atoms with E-state index in [0.29, 0.717) is 22.0 Å². The molecule has 0 radical (unpaired) electrons. The molecule has 0 bridgehead atoms. The maximum absolute atomic E-state index is 12.6. The summed E-state index contributed by atoms with van der Waals surface area (Å²) >= 11 is 3.02. The van der Waals surface area contributed by atoms with Crippen LogP contribution in [0.15, 0.2) is 41.4 Å². The first-order valence-corrected chi connectivity index (χ1v) is 8.59. The number of thiazole rings is 1. The Morgan fingerprint density at radius 2 is 2.22 bits per heavy atom. The van der Waals surface area contributed by atoms with E-state index in [1.165, 1.54) is 11.3 Å². The number of thiophene rings is 1. The van der Waals surface area contributed by atoms with Crippen LogP contribution in [0.1, 0.15) is 16.1 Å². The number of carbonyl (C=O) groups excluding carboxylic acids is 1. The minimum absolute atomic E-state index is 0.247. The van der Waals surface area contributed by atoms with Gasteiger partial charge in [0, 0.05) is 17.8 Å². The molecule has 0 spiro atoms. The second-order valence-electron chi connectivity index (χ2n) is 4.82. The van der Waals surface area contributed by atoms with Crippen LogP contribution in [0.5, 0.6) is 0 Å². The molecule has 1 N–H and O–H groups in total. The third-order valence-electron chi connectivity index (χ3n) is 3.30. The summed E-state index contributed by atoms with van der Waals surface area (Å²) in [6.07, 6.45) is 3.41. The number of carbonyl (C=O) groups is 1. The van der Waals surface area contributed by atoms with Crippen LogP contribution in [0.4, 0.5) is 5.13 Å². The zero-order valence-corrected chi connectivity index (χ0v) is 13.7. The molecule has 4 aromatic rings. The van der Waals surface area contributed by atoms with Crippen LogP contribution in [0.3, 0.4) is 0 Å². The van der Waals surface area contributed by atoms with Gasteiger partial charge in [-0.3, -0.25) is 10.1 Å². The molecule has 0 saturated carbocycles. The lowest BCUT2D eigenvalue weighted by atomic mass is 10.2. The lowest BCUT2D eigenvalue weighted by molar-refractivity contribution is 0.102. The molecule has 0 aliphatic rings. The standard InChI is InChI=1S/C15H11N5OS2/c1-9-12(13-16-5-3-6-20(13)19-9)14(21)18-15-17-10(8-23-15)11-4-2-7-22-11/h2-8H,1H3,(H,17,18,21). The molecule has 0 aliphatic heterocycles. The smallest absolute Gasteiger partial charge is 0.263 e. The van der Waals surface area contributed by atoms with Gasteiger partial charge >= 0.3 is 0 Å². The summed E-state index contributed by atoms with van der Waals surface area (Å²) in [5.74, 6) is -0.247. The number of anilines is 1. The Balaban J connectivity index is 1.64. The number of nitrogens with one attached hydrogen (secondary N) is 1. The normalized spacial score (nSPS) is 11.0. The van der Waals surface area contributed by atoms with Gasteiger partial charge in [0.15, 0.2) is 10.8 Å². The van der Waals surface area contributed by atoms with Gasteiger partial charge in [-0.15, -0.1) is 22.7 Å². The highest BCUT2D eigenvalue weighted by Gasteiger charge is 2.19. The Morgan fingerprint density at radius 3 is 3.04 bits per heavy atom. The van der Waals surface area contributed by atoms with Gasteiger partial charge in [-0.25, -0.2) is 14.5 Å². The topological polar surface area (TPSA) is 72.2 Å². The summed E-state index contributed by atoms with van der Waals surface area (Å²) in [6.45, 7) is 1.79. The van der Waals surface area contributed by atoms with Crippen molar-refractivity contribution in [2.45, 2.75) is 6.92 Å². The van der Waals surface area contributed by atoms with Crippen molar-refractivity contribution in [3.63, 3.8) is 0 Å². The molecule has 114 valence electrons. The van der Waals surface area contributed by atoms with Crippen LogP contribution in [0.25, 0.3) is 16.2 Å². The van der Waals surface area contributed by atoms with E-state index in [9.17, 15) is 4.79 Å². The molecule has 4 aromatic heterocycles. The Kier molecular flexibility index (Phi) is 3.40. The molecule has 23 heavy (non-hydrogen) atoms. The van der Waals surface area contributed by atoms with Crippen molar-refractivity contribution in [2.24, 2.45) is 0 Å². The summed E-state index contributed by atoms with van der Waals surface area (Å²) in [5, 5.41) is 11.6. The van der Waals surface area contributed by atoms with Gasteiger partial charge in [0.1, 0.15) is 5.56 Å². The second kappa shape index (κ2) is 5.56. The molecule has 4 rings (SSSR count). The quantitative estimate of drug-likeness (QED) is 0.619. The molecule has 0 aliphatic carbocycles. The lowest BCUT2D eigenvalue weighted by Gasteiger charge is -2.00. The van der Waals surface area contributed by atoms with Crippen LogP contribution in [0.2, 0.25) is 0 Å². The van der Waals surface area contributed by atoms with Crippen molar-refractivity contribution in [3.8, 4) is 10.6 Å². The molecular weight excluding hydrogens is 330 g/mol. The minimum atomic E-state index is -0.247. The highest BCUT2D eigenvalue weighted by atomic mass is 32.1. The molecule has 0 unspecified atom stereocenters. The van der Waals surface area contributed by atoms with Crippen LogP contribution < -0.4 is 5.32 Å². The molecule has 0 atom stereocenters. The fourth-order valence-corrected chi connectivity index (χ4v) is 3.76. The van der Waals surface area contributed by atoms with Gasteiger partial charge in [0.05, 0.1) is 16.3 Å². The van der Waals surface area contributed by atoms with E-state index in [0.717, 1.165) is 10.6 Å². The summed E-state index contributed by atoms with van der Waals surface area (Å²) < 4.78 is 1.60. The van der Waals surface area contributed by atoms with Crippen LogP contribution in [0, 0.1) is 6.92 Å². The van der Waals surface area contributed by atoms with Crippen molar-refractivity contribution in [1.82, 2.24) is 19.6 Å². The maximum Gasteiger partial charge on any atom is 0.263 e. The molecular formula is C15H11N5OS2. The van der Waals surface area contributed by atoms with E-state index in [-0.39, 0.29) is 5.91 Å². The van der Waals surface area contributed by atoms with Crippen molar-refractivity contribution in [2.75, 3.05) is 5.32 Å². The number of amides is 1. The number of hydrogen-bond acceptors (Lipinski definition) is 6. The monoisotopic (exact) mass is 341 g/mol. The van der Waals surface area contributed by atoms with Gasteiger partial charge in [-0.05, 0) is 24.4 Å². The van der Waals surface area contributed by atoms with Crippen LogP contribution >= 0.6 is 22.7 Å². The SMILES string of the molecule is Cc1nn2cccnc2c1C(=O)Nc1nc(-c2cccs2)cs1. The lowest BCUT2D eigenvalue weighted by Crippen LogP contribution is -2.13. The van der Waals surface area contributed by atoms with Gasteiger partial charge in [-0.1, -0.05) is 6.07 Å². The number of hydrogen-bond donors (Lipinski definition) is 1. The van der Waals surface area contributed by atoms with Crippen molar-refractivity contribution in [1.29, 1.82) is 0 Å². The third kappa shape index (κ3) is 2.51. The zero-order chi connectivity index (χ0) is 15.8. The summed E-state index contributed by atoms with van der Waals surface area (Å²) in [7, 11) is 0. The van der Waals surface area contributed by atoms with Gasteiger partial charge in [0.25, 0.3) is 5.91 Å². The highest BCUT2D eigenvalue weighted by molar-refractivity contribution is 7.16. The molecule has 0 fully saturated rings. The van der Waals surface area contributed by atoms with E-state index in [2.05, 4.69) is 20.4 Å². The number of fused-ring (bicyclic) bond motifs is 1. The highest BCUT2D eigenvalue weighted by Crippen LogP contribution is 2.28. The number of nitrogens with zero attached hydrogens (tertiary/aromatic N) is 4. The Morgan fingerprint density at radius 1 is 1.30 bits per heavy atom. The van der Waals surface area contributed by atoms with Gasteiger partial charge in [-0.2, -0.15) is 5.10 Å². The first-order valence-electron chi connectivity index (χ1n) is 6.83. The van der Waals surface area contributed by atoms with Crippen LogP contribution in [-0.4, -0.2) is 25.5 Å².